The normalized spacial score (nSPS) is 12.6. The maximum absolute atomic E-state index is 13.6. The molecule has 1 aromatic rings. The molecular formula is C13H18F2N2O. The minimum atomic E-state index is -0.894. The van der Waals surface area contributed by atoms with Gasteiger partial charge in [0.2, 0.25) is 0 Å². The molecule has 18 heavy (non-hydrogen) atoms. The Morgan fingerprint density at radius 1 is 1.22 bits per heavy atom. The van der Waals surface area contributed by atoms with E-state index in [1.807, 2.05) is 20.8 Å². The molecule has 0 saturated heterocycles. The minimum absolute atomic E-state index is 0.0526. The van der Waals surface area contributed by atoms with E-state index in [4.69, 9.17) is 5.73 Å². The Morgan fingerprint density at radius 3 is 2.28 bits per heavy atom. The molecule has 2 N–H and O–H groups in total. The second-order valence-corrected chi connectivity index (χ2v) is 4.75. The number of rotatable bonds is 3. The lowest BCUT2D eigenvalue weighted by atomic mass is 10.0. The number of hydrogen-bond donors (Lipinski definition) is 1. The summed E-state index contributed by atoms with van der Waals surface area (Å²) in [7, 11) is 1.59. The average Bonchev–Trinajstić information content (AvgIpc) is 2.30. The maximum Gasteiger partial charge on any atom is 0.256 e. The molecule has 0 spiro atoms. The molecule has 3 nitrogen and oxygen atoms in total. The van der Waals surface area contributed by atoms with Gasteiger partial charge in [-0.1, -0.05) is 13.8 Å². The zero-order chi connectivity index (χ0) is 14.0. The Hall–Kier alpha value is -1.65. The van der Waals surface area contributed by atoms with Crippen molar-refractivity contribution >= 4 is 11.6 Å². The molecule has 0 heterocycles. The fraction of sp³-hybridized carbons (Fsp3) is 0.462. The molecule has 100 valence electrons. The van der Waals surface area contributed by atoms with Crippen molar-refractivity contribution in [2.75, 3.05) is 12.8 Å². The first kappa shape index (κ1) is 14.4. The van der Waals surface area contributed by atoms with Crippen LogP contribution in [-0.4, -0.2) is 23.9 Å². The number of carbonyl (C=O) groups excluding carboxylic acids is 1. The van der Waals surface area contributed by atoms with Gasteiger partial charge in [-0.3, -0.25) is 4.79 Å². The van der Waals surface area contributed by atoms with Crippen molar-refractivity contribution in [2.24, 2.45) is 5.92 Å². The van der Waals surface area contributed by atoms with Crippen LogP contribution in [0.1, 0.15) is 31.1 Å². The number of benzene rings is 1. The maximum atomic E-state index is 13.6. The van der Waals surface area contributed by atoms with E-state index >= 15 is 0 Å². The predicted octanol–water partition coefficient (Wildman–Crippen LogP) is 2.66. The number of anilines is 1. The Bertz CT molecular complexity index is 461. The zero-order valence-corrected chi connectivity index (χ0v) is 11.0. The highest BCUT2D eigenvalue weighted by atomic mass is 19.1. The Labute approximate surface area is 106 Å². The molecule has 1 rings (SSSR count). The monoisotopic (exact) mass is 256 g/mol. The van der Waals surface area contributed by atoms with E-state index in [1.54, 1.807) is 7.05 Å². The molecule has 5 heteroatoms. The SMILES string of the molecule is CC(C)C(C)N(C)C(=O)c1cc(N)c(F)cc1F. The molecule has 0 aliphatic rings. The summed E-state index contributed by atoms with van der Waals surface area (Å²) in [6.45, 7) is 5.79. The lowest BCUT2D eigenvalue weighted by molar-refractivity contribution is 0.0702. The molecule has 0 fully saturated rings. The summed E-state index contributed by atoms with van der Waals surface area (Å²) in [6, 6.07) is 1.62. The summed E-state index contributed by atoms with van der Waals surface area (Å²) in [4.78, 5) is 13.5. The molecule has 1 amide bonds. The lowest BCUT2D eigenvalue weighted by Crippen LogP contribution is -2.38. The van der Waals surface area contributed by atoms with Crippen LogP contribution in [-0.2, 0) is 0 Å². The van der Waals surface area contributed by atoms with E-state index in [-0.39, 0.29) is 23.2 Å². The van der Waals surface area contributed by atoms with E-state index < -0.39 is 17.5 Å². The summed E-state index contributed by atoms with van der Waals surface area (Å²) in [5.74, 6) is -2.02. The van der Waals surface area contributed by atoms with Crippen molar-refractivity contribution in [3.8, 4) is 0 Å². The average molecular weight is 256 g/mol. The zero-order valence-electron chi connectivity index (χ0n) is 11.0. The van der Waals surface area contributed by atoms with Crippen LogP contribution in [0.5, 0.6) is 0 Å². The number of halogens is 2. The van der Waals surface area contributed by atoms with Gasteiger partial charge in [0.15, 0.2) is 0 Å². The summed E-state index contributed by atoms with van der Waals surface area (Å²) in [5.41, 5.74) is 4.92. The molecular weight excluding hydrogens is 238 g/mol. The number of amides is 1. The van der Waals surface area contributed by atoms with E-state index in [0.29, 0.717) is 6.07 Å². The smallest absolute Gasteiger partial charge is 0.256 e. The van der Waals surface area contributed by atoms with Gasteiger partial charge in [0, 0.05) is 19.2 Å². The number of carbonyl (C=O) groups is 1. The second-order valence-electron chi connectivity index (χ2n) is 4.75. The highest BCUT2D eigenvalue weighted by Gasteiger charge is 2.23. The summed E-state index contributed by atoms with van der Waals surface area (Å²) in [6.07, 6.45) is 0. The first-order chi connectivity index (χ1) is 8.25. The molecule has 0 aliphatic heterocycles. The van der Waals surface area contributed by atoms with Crippen molar-refractivity contribution < 1.29 is 13.6 Å². The summed E-state index contributed by atoms with van der Waals surface area (Å²) in [5, 5.41) is 0. The minimum Gasteiger partial charge on any atom is -0.396 e. The first-order valence-electron chi connectivity index (χ1n) is 5.77. The highest BCUT2D eigenvalue weighted by Crippen LogP contribution is 2.20. The molecule has 0 aliphatic carbocycles. The van der Waals surface area contributed by atoms with Crippen LogP contribution in [0.4, 0.5) is 14.5 Å². The van der Waals surface area contributed by atoms with Crippen LogP contribution in [0.2, 0.25) is 0 Å². The number of hydrogen-bond acceptors (Lipinski definition) is 2. The van der Waals surface area contributed by atoms with Gasteiger partial charge in [-0.2, -0.15) is 0 Å². The van der Waals surface area contributed by atoms with Gasteiger partial charge in [-0.05, 0) is 18.9 Å². The van der Waals surface area contributed by atoms with Crippen LogP contribution in [0.25, 0.3) is 0 Å². The van der Waals surface area contributed by atoms with E-state index in [9.17, 15) is 13.6 Å². The molecule has 1 atom stereocenters. The Balaban J connectivity index is 3.08. The molecule has 0 aromatic heterocycles. The molecule has 0 radical (unpaired) electrons. The van der Waals surface area contributed by atoms with Crippen molar-refractivity contribution in [1.29, 1.82) is 0 Å². The first-order valence-corrected chi connectivity index (χ1v) is 5.77. The van der Waals surface area contributed by atoms with E-state index in [0.717, 1.165) is 6.07 Å². The Morgan fingerprint density at radius 2 is 1.78 bits per heavy atom. The van der Waals surface area contributed by atoms with E-state index in [2.05, 4.69) is 0 Å². The lowest BCUT2D eigenvalue weighted by Gasteiger charge is -2.28. The van der Waals surface area contributed by atoms with E-state index in [1.165, 1.54) is 4.90 Å². The second kappa shape index (κ2) is 5.33. The van der Waals surface area contributed by atoms with Gasteiger partial charge in [-0.15, -0.1) is 0 Å². The third-order valence-electron chi connectivity index (χ3n) is 3.21. The van der Waals surface area contributed by atoms with Crippen LogP contribution in [0, 0.1) is 17.6 Å². The number of nitrogen functional groups attached to an aromatic ring is 1. The van der Waals surface area contributed by atoms with Crippen molar-refractivity contribution in [2.45, 2.75) is 26.8 Å². The summed E-state index contributed by atoms with van der Waals surface area (Å²) >= 11 is 0. The van der Waals surface area contributed by atoms with Crippen molar-refractivity contribution in [3.63, 3.8) is 0 Å². The predicted molar refractivity (Wildman–Crippen MR) is 67.2 cm³/mol. The van der Waals surface area contributed by atoms with Gasteiger partial charge in [0.05, 0.1) is 11.3 Å². The number of nitrogens with zero attached hydrogens (tertiary/aromatic N) is 1. The molecule has 1 unspecified atom stereocenters. The standard InChI is InChI=1S/C13H18F2N2O/c1-7(2)8(3)17(4)13(18)9-5-12(16)11(15)6-10(9)14/h5-8H,16H2,1-4H3. The van der Waals surface area contributed by atoms with Crippen LogP contribution in [0.3, 0.4) is 0 Å². The van der Waals surface area contributed by atoms with Gasteiger partial charge < -0.3 is 10.6 Å². The van der Waals surface area contributed by atoms with Crippen LogP contribution in [0.15, 0.2) is 12.1 Å². The van der Waals surface area contributed by atoms with Gasteiger partial charge in [0.1, 0.15) is 11.6 Å². The third-order valence-corrected chi connectivity index (χ3v) is 3.21. The van der Waals surface area contributed by atoms with Crippen molar-refractivity contribution in [3.05, 3.63) is 29.3 Å². The fourth-order valence-corrected chi connectivity index (χ4v) is 1.55. The molecule has 0 bridgehead atoms. The van der Waals surface area contributed by atoms with Crippen LogP contribution >= 0.6 is 0 Å². The summed E-state index contributed by atoms with van der Waals surface area (Å²) < 4.78 is 26.6. The molecule has 1 aromatic carbocycles. The topological polar surface area (TPSA) is 46.3 Å². The van der Waals surface area contributed by atoms with Gasteiger partial charge >= 0.3 is 0 Å². The molecule has 0 saturated carbocycles. The quantitative estimate of drug-likeness (QED) is 0.845. The van der Waals surface area contributed by atoms with Crippen LogP contribution < -0.4 is 5.73 Å². The largest absolute Gasteiger partial charge is 0.396 e. The van der Waals surface area contributed by atoms with Gasteiger partial charge in [-0.25, -0.2) is 8.78 Å². The highest BCUT2D eigenvalue weighted by molar-refractivity contribution is 5.95. The van der Waals surface area contributed by atoms with Crippen molar-refractivity contribution in [1.82, 2.24) is 4.90 Å². The van der Waals surface area contributed by atoms with Gasteiger partial charge in [0.25, 0.3) is 5.91 Å². The fourth-order valence-electron chi connectivity index (χ4n) is 1.55. The Kier molecular flexibility index (Phi) is 4.27. The number of nitrogens with two attached hydrogens (primary N) is 1. The third kappa shape index (κ3) is 2.78.